The molecule has 7 nitrogen and oxygen atoms in total. The van der Waals surface area contributed by atoms with E-state index in [1.165, 1.54) is 0 Å². The van der Waals surface area contributed by atoms with E-state index >= 15 is 0 Å². The summed E-state index contributed by atoms with van der Waals surface area (Å²) in [6.07, 6.45) is 7.93. The molecule has 0 fully saturated rings. The lowest BCUT2D eigenvalue weighted by Gasteiger charge is -2.32. The monoisotopic (exact) mass is 608 g/mol. The summed E-state index contributed by atoms with van der Waals surface area (Å²) in [6, 6.07) is 29.4. The summed E-state index contributed by atoms with van der Waals surface area (Å²) in [7, 11) is 0. The van der Waals surface area contributed by atoms with Crippen LogP contribution >= 0.6 is 0 Å². The number of benzene rings is 3. The Labute approximate surface area is 270 Å². The lowest BCUT2D eigenvalue weighted by atomic mass is 9.91. The van der Waals surface area contributed by atoms with Gasteiger partial charge in [-0.25, -0.2) is 0 Å². The molecule has 0 spiro atoms. The maximum absolute atomic E-state index is 14.0. The van der Waals surface area contributed by atoms with Crippen molar-refractivity contribution in [1.82, 2.24) is 4.90 Å². The van der Waals surface area contributed by atoms with Gasteiger partial charge in [0.05, 0.1) is 19.8 Å². The number of allylic oxidation sites excluding steroid dienone is 7. The van der Waals surface area contributed by atoms with Crippen LogP contribution in [0.5, 0.6) is 0 Å². The van der Waals surface area contributed by atoms with E-state index in [0.717, 1.165) is 41.3 Å². The summed E-state index contributed by atoms with van der Waals surface area (Å²) in [5, 5.41) is 29.1. The maximum atomic E-state index is 14.0. The van der Waals surface area contributed by atoms with Gasteiger partial charge in [0.2, 0.25) is 0 Å². The molecule has 7 heteroatoms. The molecule has 5 rings (SSSR count). The first-order valence-corrected chi connectivity index (χ1v) is 15.5. The van der Waals surface area contributed by atoms with E-state index in [2.05, 4.69) is 47.9 Å². The molecule has 1 heterocycles. The Kier molecular flexibility index (Phi) is 10.4. The summed E-state index contributed by atoms with van der Waals surface area (Å²) in [5.41, 5.74) is 7.01. The van der Waals surface area contributed by atoms with E-state index in [0.29, 0.717) is 41.0 Å². The molecule has 0 atom stereocenters. The molecule has 0 saturated carbocycles. The second kappa shape index (κ2) is 15.0. The predicted octanol–water partition coefficient (Wildman–Crippen LogP) is 6.79. The molecule has 0 unspecified atom stereocenters. The van der Waals surface area contributed by atoms with Crippen LogP contribution in [0.4, 0.5) is 5.69 Å². The Bertz CT molecular complexity index is 1810. The summed E-state index contributed by atoms with van der Waals surface area (Å²) in [6.45, 7) is 7.14. The van der Waals surface area contributed by atoms with Crippen LogP contribution in [0.2, 0.25) is 0 Å². The minimum Gasteiger partial charge on any atom is -0.394 e. The summed E-state index contributed by atoms with van der Waals surface area (Å²) >= 11 is 0. The molecule has 1 aliphatic heterocycles. The molecule has 230 valence electrons. The minimum absolute atomic E-state index is 0.0678. The Balaban J connectivity index is 1.69. The van der Waals surface area contributed by atoms with Crippen molar-refractivity contribution in [3.8, 4) is 12.1 Å². The van der Waals surface area contributed by atoms with E-state index in [9.17, 15) is 20.4 Å². The van der Waals surface area contributed by atoms with Gasteiger partial charge in [-0.3, -0.25) is 4.79 Å². The number of carbonyl (C=O) groups is 1. The molecule has 1 N–H and O–H groups in total. The van der Waals surface area contributed by atoms with Gasteiger partial charge >= 0.3 is 0 Å². The van der Waals surface area contributed by atoms with Crippen molar-refractivity contribution in [3.05, 3.63) is 142 Å². The zero-order valence-corrected chi connectivity index (χ0v) is 26.1. The van der Waals surface area contributed by atoms with Gasteiger partial charge in [-0.15, -0.1) is 0 Å². The molecule has 2 aliphatic rings. The van der Waals surface area contributed by atoms with Crippen LogP contribution in [0, 0.1) is 22.7 Å². The minimum atomic E-state index is -0.224. The zero-order chi connectivity index (χ0) is 32.5. The zero-order valence-electron chi connectivity index (χ0n) is 26.1. The third-order valence-electron chi connectivity index (χ3n) is 8.11. The number of rotatable bonds is 11. The third-order valence-corrected chi connectivity index (χ3v) is 8.11. The first-order chi connectivity index (χ1) is 22.5. The molecule has 1 aliphatic carbocycles. The lowest BCUT2D eigenvalue weighted by Crippen LogP contribution is -2.28. The first kappa shape index (κ1) is 31.9. The second-order valence-corrected chi connectivity index (χ2v) is 10.7. The lowest BCUT2D eigenvalue weighted by molar-refractivity contribution is 0.0865. The van der Waals surface area contributed by atoms with Gasteiger partial charge < -0.3 is 19.6 Å². The normalized spacial score (nSPS) is 15.7. The smallest absolute Gasteiger partial charge is 0.194 e. The topological polar surface area (TPSA) is 101 Å². The van der Waals surface area contributed by atoms with Gasteiger partial charge in [-0.1, -0.05) is 72.8 Å². The van der Waals surface area contributed by atoms with Gasteiger partial charge in [0.15, 0.2) is 5.78 Å². The van der Waals surface area contributed by atoms with Gasteiger partial charge in [-0.2, -0.15) is 10.5 Å². The average molecular weight is 609 g/mol. The van der Waals surface area contributed by atoms with Crippen LogP contribution in [-0.2, 0) is 4.74 Å². The SMILES string of the molecule is CCN(CC)c1ccc(C=CC2=C/C(=C3/C(=O)c4ccccc4C3=C(C#N)C#N)C=C(c3ccccc3)N2CCOCCO)cc1. The molecule has 46 heavy (non-hydrogen) atoms. The van der Waals surface area contributed by atoms with Gasteiger partial charge in [-0.05, 0) is 66.5 Å². The molecule has 0 aromatic heterocycles. The number of fused-ring (bicyclic) bond motifs is 1. The maximum Gasteiger partial charge on any atom is 0.194 e. The number of nitrogens with zero attached hydrogens (tertiary/aromatic N) is 4. The van der Waals surface area contributed by atoms with E-state index in [1.54, 1.807) is 18.2 Å². The number of hydrogen-bond acceptors (Lipinski definition) is 7. The van der Waals surface area contributed by atoms with Gasteiger partial charge in [0, 0.05) is 53.4 Å². The molecule has 3 aromatic carbocycles. The fourth-order valence-electron chi connectivity index (χ4n) is 5.87. The number of Topliss-reactive ketones (excluding diaryl/α,β-unsaturated/α-hetero) is 1. The van der Waals surface area contributed by atoms with Crippen LogP contribution in [0.3, 0.4) is 0 Å². The first-order valence-electron chi connectivity index (χ1n) is 15.5. The van der Waals surface area contributed by atoms with Crippen molar-refractivity contribution in [3.63, 3.8) is 0 Å². The Morgan fingerprint density at radius 2 is 1.54 bits per heavy atom. The van der Waals surface area contributed by atoms with E-state index in [1.807, 2.05) is 72.8 Å². The Morgan fingerprint density at radius 3 is 2.20 bits per heavy atom. The summed E-state index contributed by atoms with van der Waals surface area (Å²) < 4.78 is 5.68. The number of anilines is 1. The van der Waals surface area contributed by atoms with Crippen LogP contribution in [0.1, 0.15) is 40.9 Å². The van der Waals surface area contributed by atoms with Crippen molar-refractivity contribution in [2.24, 2.45) is 0 Å². The number of carbonyl (C=O) groups excluding carboxylic acids is 1. The van der Waals surface area contributed by atoms with Crippen LogP contribution in [0.15, 0.2) is 120 Å². The van der Waals surface area contributed by atoms with Crippen molar-refractivity contribution in [1.29, 1.82) is 10.5 Å². The van der Waals surface area contributed by atoms with Crippen molar-refractivity contribution >= 4 is 28.8 Å². The molecule has 3 aromatic rings. The molecule has 0 radical (unpaired) electrons. The molecular weight excluding hydrogens is 572 g/mol. The number of nitriles is 2. The van der Waals surface area contributed by atoms with Crippen molar-refractivity contribution in [2.45, 2.75) is 13.8 Å². The van der Waals surface area contributed by atoms with Crippen LogP contribution in [0.25, 0.3) is 17.3 Å². The number of ketones is 1. The highest BCUT2D eigenvalue weighted by Gasteiger charge is 2.35. The average Bonchev–Trinajstić information content (AvgIpc) is 3.39. The fourth-order valence-corrected chi connectivity index (χ4v) is 5.87. The molecule has 0 saturated heterocycles. The summed E-state index contributed by atoms with van der Waals surface area (Å²) in [5.74, 6) is -0.224. The van der Waals surface area contributed by atoms with Crippen molar-refractivity contribution in [2.75, 3.05) is 44.4 Å². The van der Waals surface area contributed by atoms with Gasteiger partial charge in [0.1, 0.15) is 17.7 Å². The molecule has 0 bridgehead atoms. The Morgan fingerprint density at radius 1 is 0.870 bits per heavy atom. The number of ether oxygens (including phenoxy) is 1. The Hall–Kier alpha value is -5.47. The number of aliphatic hydroxyl groups excluding tert-OH is 1. The second-order valence-electron chi connectivity index (χ2n) is 10.7. The van der Waals surface area contributed by atoms with Crippen LogP contribution in [-0.4, -0.2) is 55.2 Å². The molecular formula is C39H36N4O3. The highest BCUT2D eigenvalue weighted by molar-refractivity contribution is 6.28. The highest BCUT2D eigenvalue weighted by atomic mass is 16.5. The highest BCUT2D eigenvalue weighted by Crippen LogP contribution is 2.43. The summed E-state index contributed by atoms with van der Waals surface area (Å²) in [4.78, 5) is 18.4. The quantitative estimate of drug-likeness (QED) is 0.145. The molecule has 0 amide bonds. The largest absolute Gasteiger partial charge is 0.394 e. The van der Waals surface area contributed by atoms with Crippen LogP contribution < -0.4 is 4.90 Å². The van der Waals surface area contributed by atoms with Gasteiger partial charge in [0.25, 0.3) is 0 Å². The fraction of sp³-hybridized carbons (Fsp3) is 0.205. The number of aliphatic hydroxyl groups is 1. The predicted molar refractivity (Wildman–Crippen MR) is 182 cm³/mol. The van der Waals surface area contributed by atoms with E-state index in [-0.39, 0.29) is 24.6 Å². The third kappa shape index (κ3) is 6.62. The van der Waals surface area contributed by atoms with Crippen molar-refractivity contribution < 1.29 is 14.6 Å². The van der Waals surface area contributed by atoms with E-state index in [4.69, 9.17) is 4.74 Å². The van der Waals surface area contributed by atoms with E-state index < -0.39 is 0 Å². The number of hydrogen-bond donors (Lipinski definition) is 1. The standard InChI is InChI=1S/C39H36N4O3/c1-3-42(4-2)32-17-14-28(15-18-32)16-19-33-24-30(25-36(29-10-6-5-7-11-29)43(33)20-22-46-23-21-44)38-37(31(26-40)27-41)34-12-8-9-13-35(34)39(38)45/h5-19,24-25,44H,3-4,20-23H2,1-2H3/b19-16?,38-30-.